The summed E-state index contributed by atoms with van der Waals surface area (Å²) in [5.41, 5.74) is 0.906. The van der Waals surface area contributed by atoms with Crippen molar-refractivity contribution in [2.75, 3.05) is 7.11 Å². The van der Waals surface area contributed by atoms with Crippen LogP contribution in [0.25, 0.3) is 0 Å². The molecule has 0 bridgehead atoms. The van der Waals surface area contributed by atoms with Crippen LogP contribution in [0, 0.1) is 0 Å². The Morgan fingerprint density at radius 3 is 2.67 bits per heavy atom. The summed E-state index contributed by atoms with van der Waals surface area (Å²) in [4.78, 5) is 3.88. The Hall–Kier alpha value is -0.180. The summed E-state index contributed by atoms with van der Waals surface area (Å²) < 4.78 is 4.88. The molecule has 1 aromatic rings. The maximum Gasteiger partial charge on any atom is 0.214 e. The zero-order valence-electron chi connectivity index (χ0n) is 6.38. The maximum absolute atomic E-state index is 5.66. The van der Waals surface area contributed by atoms with Gasteiger partial charge in [0.05, 0.1) is 7.11 Å². The van der Waals surface area contributed by atoms with E-state index < -0.39 is 0 Å². The number of rotatable bonds is 2. The van der Waals surface area contributed by atoms with Crippen LogP contribution in [0.2, 0.25) is 5.15 Å². The van der Waals surface area contributed by atoms with Gasteiger partial charge in [-0.3, -0.25) is 0 Å². The summed E-state index contributed by atoms with van der Waals surface area (Å²) in [6.07, 6.45) is 0. The summed E-state index contributed by atoms with van der Waals surface area (Å²) in [6.45, 7) is 0. The molecule has 0 radical (unpaired) electrons. The molecule has 0 fully saturated rings. The van der Waals surface area contributed by atoms with Gasteiger partial charge in [-0.2, -0.15) is 0 Å². The molecule has 1 heterocycles. The van der Waals surface area contributed by atoms with Crippen molar-refractivity contribution in [2.45, 2.75) is 5.88 Å². The molecule has 0 spiro atoms. The number of methoxy groups -OCH3 is 1. The lowest BCUT2D eigenvalue weighted by atomic mass is 10.3. The minimum Gasteiger partial charge on any atom is -0.481 e. The molecular formula is C7H8Cl3NO. The van der Waals surface area contributed by atoms with Crippen molar-refractivity contribution in [3.8, 4) is 5.88 Å². The van der Waals surface area contributed by atoms with Crippen molar-refractivity contribution < 1.29 is 4.74 Å². The van der Waals surface area contributed by atoms with Crippen LogP contribution in [0.1, 0.15) is 5.56 Å². The third-order valence-electron chi connectivity index (χ3n) is 1.19. The summed E-state index contributed by atoms with van der Waals surface area (Å²) in [5.74, 6) is 0.909. The van der Waals surface area contributed by atoms with Crippen molar-refractivity contribution in [1.82, 2.24) is 4.98 Å². The average molecular weight is 229 g/mol. The average Bonchev–Trinajstić information content (AvgIpc) is 2.03. The minimum absolute atomic E-state index is 0. The van der Waals surface area contributed by atoms with Gasteiger partial charge in [0.25, 0.3) is 0 Å². The van der Waals surface area contributed by atoms with E-state index >= 15 is 0 Å². The van der Waals surface area contributed by atoms with Crippen LogP contribution in [-0.2, 0) is 5.88 Å². The van der Waals surface area contributed by atoms with Crippen LogP contribution in [-0.4, -0.2) is 12.1 Å². The monoisotopic (exact) mass is 227 g/mol. The molecule has 0 aliphatic carbocycles. The fourth-order valence-corrected chi connectivity index (χ4v) is 1.08. The second-order valence-corrected chi connectivity index (χ2v) is 2.63. The van der Waals surface area contributed by atoms with E-state index in [1.165, 1.54) is 7.11 Å². The first kappa shape index (κ1) is 11.8. The lowest BCUT2D eigenvalue weighted by Gasteiger charge is -2.00. The van der Waals surface area contributed by atoms with Crippen LogP contribution in [0.5, 0.6) is 5.88 Å². The van der Waals surface area contributed by atoms with Gasteiger partial charge in [0.15, 0.2) is 0 Å². The second kappa shape index (κ2) is 5.46. The summed E-state index contributed by atoms with van der Waals surface area (Å²) in [5, 5.41) is 0.403. The van der Waals surface area contributed by atoms with Crippen LogP contribution in [0.15, 0.2) is 12.1 Å². The first-order chi connectivity index (χ1) is 5.26. The normalized spacial score (nSPS) is 8.92. The predicted molar refractivity (Wildman–Crippen MR) is 52.6 cm³/mol. The van der Waals surface area contributed by atoms with E-state index in [4.69, 9.17) is 27.9 Å². The zero-order chi connectivity index (χ0) is 8.27. The van der Waals surface area contributed by atoms with Crippen molar-refractivity contribution in [2.24, 2.45) is 0 Å². The topological polar surface area (TPSA) is 22.1 Å². The van der Waals surface area contributed by atoms with E-state index in [0.29, 0.717) is 16.9 Å². The molecule has 0 saturated heterocycles. The standard InChI is InChI=1S/C7H7Cl2NO.ClH/c1-11-7-3-5(4-8)2-6(9)10-7;/h2-3H,4H2,1H3;1H. The van der Waals surface area contributed by atoms with Gasteiger partial charge < -0.3 is 4.74 Å². The fraction of sp³-hybridized carbons (Fsp3) is 0.286. The van der Waals surface area contributed by atoms with Gasteiger partial charge in [0.2, 0.25) is 5.88 Å². The molecule has 5 heteroatoms. The third-order valence-corrected chi connectivity index (χ3v) is 1.70. The number of alkyl halides is 1. The van der Waals surface area contributed by atoms with Crippen LogP contribution in [0.3, 0.4) is 0 Å². The van der Waals surface area contributed by atoms with Crippen molar-refractivity contribution >= 4 is 35.6 Å². The molecule has 12 heavy (non-hydrogen) atoms. The highest BCUT2D eigenvalue weighted by Crippen LogP contribution is 2.16. The van der Waals surface area contributed by atoms with E-state index in [-0.39, 0.29) is 12.4 Å². The highest BCUT2D eigenvalue weighted by molar-refractivity contribution is 6.29. The van der Waals surface area contributed by atoms with Crippen LogP contribution in [0.4, 0.5) is 0 Å². The van der Waals surface area contributed by atoms with Crippen molar-refractivity contribution in [3.05, 3.63) is 22.8 Å². The molecule has 2 nitrogen and oxygen atoms in total. The summed E-state index contributed by atoms with van der Waals surface area (Å²) in [6, 6.07) is 3.45. The van der Waals surface area contributed by atoms with Gasteiger partial charge in [0, 0.05) is 11.9 Å². The van der Waals surface area contributed by atoms with E-state index in [9.17, 15) is 0 Å². The van der Waals surface area contributed by atoms with Crippen molar-refractivity contribution in [3.63, 3.8) is 0 Å². The van der Waals surface area contributed by atoms with E-state index in [1.807, 2.05) is 0 Å². The summed E-state index contributed by atoms with van der Waals surface area (Å²) in [7, 11) is 1.54. The molecule has 1 aromatic heterocycles. The Labute approximate surface area is 87.3 Å². The largest absolute Gasteiger partial charge is 0.481 e. The molecule has 0 aromatic carbocycles. The first-order valence-corrected chi connectivity index (χ1v) is 3.94. The SMILES string of the molecule is COc1cc(CCl)cc(Cl)n1.Cl. The fourth-order valence-electron chi connectivity index (χ4n) is 0.705. The van der Waals surface area contributed by atoms with Crippen LogP contribution < -0.4 is 4.74 Å². The minimum atomic E-state index is 0. The number of halogens is 3. The number of hydrogen-bond donors (Lipinski definition) is 0. The quantitative estimate of drug-likeness (QED) is 0.574. The second-order valence-electron chi connectivity index (χ2n) is 1.97. The highest BCUT2D eigenvalue weighted by Gasteiger charge is 1.98. The molecule has 68 valence electrons. The smallest absolute Gasteiger partial charge is 0.214 e. The predicted octanol–water partition coefficient (Wildman–Crippen LogP) is 2.90. The Morgan fingerprint density at radius 1 is 1.50 bits per heavy atom. The molecular weight excluding hydrogens is 220 g/mol. The maximum atomic E-state index is 5.66. The van der Waals surface area contributed by atoms with Gasteiger partial charge in [-0.15, -0.1) is 24.0 Å². The van der Waals surface area contributed by atoms with Gasteiger partial charge in [-0.25, -0.2) is 4.98 Å². The number of hydrogen-bond acceptors (Lipinski definition) is 2. The molecule has 0 atom stereocenters. The molecule has 0 aliphatic rings. The Kier molecular flexibility index (Phi) is 5.38. The number of nitrogens with zero attached hydrogens (tertiary/aromatic N) is 1. The third kappa shape index (κ3) is 3.05. The molecule has 0 saturated carbocycles. The van der Waals surface area contributed by atoms with E-state index in [2.05, 4.69) is 4.98 Å². The van der Waals surface area contributed by atoms with Crippen molar-refractivity contribution in [1.29, 1.82) is 0 Å². The number of ether oxygens (including phenoxy) is 1. The van der Waals surface area contributed by atoms with Gasteiger partial charge >= 0.3 is 0 Å². The Morgan fingerprint density at radius 2 is 2.17 bits per heavy atom. The number of pyridine rings is 1. The molecule has 0 N–H and O–H groups in total. The van der Waals surface area contributed by atoms with E-state index in [1.54, 1.807) is 12.1 Å². The highest BCUT2D eigenvalue weighted by atomic mass is 35.5. The summed E-state index contributed by atoms with van der Waals surface area (Å²) >= 11 is 11.2. The molecule has 0 aliphatic heterocycles. The Balaban J connectivity index is 0.00000121. The number of aromatic nitrogens is 1. The van der Waals surface area contributed by atoms with Gasteiger partial charge in [0.1, 0.15) is 5.15 Å². The Bertz CT molecular complexity index is 232. The molecule has 1 rings (SSSR count). The van der Waals surface area contributed by atoms with E-state index in [0.717, 1.165) is 5.56 Å². The molecule has 0 amide bonds. The van der Waals surface area contributed by atoms with Gasteiger partial charge in [-0.05, 0) is 11.6 Å². The zero-order valence-corrected chi connectivity index (χ0v) is 8.71. The lowest BCUT2D eigenvalue weighted by molar-refractivity contribution is 0.397. The van der Waals surface area contributed by atoms with Gasteiger partial charge in [-0.1, -0.05) is 11.6 Å². The first-order valence-electron chi connectivity index (χ1n) is 3.02. The van der Waals surface area contributed by atoms with Crippen LogP contribution >= 0.6 is 35.6 Å². The lowest BCUT2D eigenvalue weighted by Crippen LogP contribution is -1.89. The molecule has 0 unspecified atom stereocenters.